The predicted octanol–water partition coefficient (Wildman–Crippen LogP) is 2.52. The second-order valence-corrected chi connectivity index (χ2v) is 9.29. The zero-order chi connectivity index (χ0) is 26.6. The molecule has 0 spiro atoms. The summed E-state index contributed by atoms with van der Waals surface area (Å²) in [6, 6.07) is 9.63. The number of anilines is 1. The minimum atomic E-state index is -0.654. The minimum Gasteiger partial charge on any atom is -0.502 e. The van der Waals surface area contributed by atoms with Gasteiger partial charge in [-0.2, -0.15) is 0 Å². The summed E-state index contributed by atoms with van der Waals surface area (Å²) in [6.45, 7) is 0.162. The van der Waals surface area contributed by atoms with Crippen LogP contribution in [0, 0.1) is 11.8 Å². The lowest BCUT2D eigenvalue weighted by atomic mass is 9.65. The van der Waals surface area contributed by atoms with Gasteiger partial charge in [0.15, 0.2) is 23.0 Å². The summed E-state index contributed by atoms with van der Waals surface area (Å²) in [5.74, 6) is -0.980. The van der Waals surface area contributed by atoms with Crippen molar-refractivity contribution < 1.29 is 38.4 Å². The molecule has 2 aliphatic heterocycles. The summed E-state index contributed by atoms with van der Waals surface area (Å²) in [5.41, 5.74) is 8.35. The molecule has 3 aliphatic rings. The molecule has 1 aliphatic carbocycles. The van der Waals surface area contributed by atoms with Gasteiger partial charge in [-0.3, -0.25) is 9.59 Å². The van der Waals surface area contributed by atoms with Crippen LogP contribution in [0.15, 0.2) is 42.6 Å². The molecule has 3 aromatic rings. The Morgan fingerprint density at radius 1 is 1.08 bits per heavy atom. The Balaban J connectivity index is 1.52. The summed E-state index contributed by atoms with van der Waals surface area (Å²) in [5, 5.41) is 13.6. The van der Waals surface area contributed by atoms with Crippen LogP contribution in [0.3, 0.4) is 0 Å². The third-order valence-electron chi connectivity index (χ3n) is 7.42. The largest absolute Gasteiger partial charge is 0.502 e. The molecule has 1 fully saturated rings. The quantitative estimate of drug-likeness (QED) is 0.429. The molecular weight excluding hydrogens is 494 g/mol. The molecule has 0 saturated carbocycles. The van der Waals surface area contributed by atoms with Crippen LogP contribution in [0.1, 0.15) is 39.0 Å². The van der Waals surface area contributed by atoms with Gasteiger partial charge >= 0.3 is 5.97 Å². The van der Waals surface area contributed by atoms with Gasteiger partial charge in [-0.05, 0) is 53.1 Å². The summed E-state index contributed by atoms with van der Waals surface area (Å²) in [6.07, 6.45) is 1.51. The molecular formula is C27H25N3O8. The van der Waals surface area contributed by atoms with Gasteiger partial charge in [0, 0.05) is 18.0 Å². The predicted molar refractivity (Wildman–Crippen MR) is 132 cm³/mol. The maximum atomic E-state index is 13.3. The number of pyridine rings is 1. The lowest BCUT2D eigenvalue weighted by molar-refractivity contribution is -0.141. The molecule has 6 rings (SSSR count). The second kappa shape index (κ2) is 9.02. The zero-order valence-corrected chi connectivity index (χ0v) is 20.6. The molecule has 3 heterocycles. The SMILES string of the molecule is COc1cc([C@@H]2c3cc4c(cc3[C@@H](NC(=O)c3cccnc3N)[C@H]3COC(=O)[C@H]23)OCO4)cc(OC)c1O. The van der Waals surface area contributed by atoms with Crippen LogP contribution in [0.4, 0.5) is 5.82 Å². The van der Waals surface area contributed by atoms with E-state index in [0.717, 1.165) is 11.1 Å². The van der Waals surface area contributed by atoms with Crippen molar-refractivity contribution in [1.82, 2.24) is 10.3 Å². The van der Waals surface area contributed by atoms with Crippen molar-refractivity contribution in [2.75, 3.05) is 33.4 Å². The maximum Gasteiger partial charge on any atom is 0.310 e. The Hall–Kier alpha value is -4.67. The zero-order valence-electron chi connectivity index (χ0n) is 20.6. The Kier molecular flexibility index (Phi) is 5.63. The van der Waals surface area contributed by atoms with Crippen LogP contribution >= 0.6 is 0 Å². The molecule has 11 nitrogen and oxygen atoms in total. The average molecular weight is 520 g/mol. The summed E-state index contributed by atoms with van der Waals surface area (Å²) >= 11 is 0. The molecule has 1 saturated heterocycles. The first-order valence-electron chi connectivity index (χ1n) is 12.0. The standard InChI is InChI=1S/C27H25N3O8/c1-34-19-6-12(7-20(35-2)24(19)31)21-14-8-17-18(38-11-37-17)9-15(14)23(16-10-36-27(33)22(16)21)30-26(32)13-4-3-5-29-25(13)28/h3-9,16,21-23,31H,10-11H2,1-2H3,(H2,28,29)(H,30,32)/t16-,21+,22-,23+/m0/s1. The molecule has 0 unspecified atom stereocenters. The van der Waals surface area contributed by atoms with Gasteiger partial charge in [0.2, 0.25) is 12.5 Å². The summed E-state index contributed by atoms with van der Waals surface area (Å²) < 4.78 is 27.6. The average Bonchev–Trinajstić information content (AvgIpc) is 3.54. The normalized spacial score (nSPS) is 22.7. The van der Waals surface area contributed by atoms with Crippen molar-refractivity contribution >= 4 is 17.7 Å². The number of ether oxygens (including phenoxy) is 5. The number of rotatable bonds is 5. The number of carbonyl (C=O) groups is 2. The van der Waals surface area contributed by atoms with Crippen molar-refractivity contribution in [3.8, 4) is 28.7 Å². The van der Waals surface area contributed by atoms with Crippen LogP contribution in [0.5, 0.6) is 28.7 Å². The Morgan fingerprint density at radius 3 is 2.42 bits per heavy atom. The Morgan fingerprint density at radius 2 is 1.76 bits per heavy atom. The monoisotopic (exact) mass is 519 g/mol. The van der Waals surface area contributed by atoms with Crippen LogP contribution in [-0.4, -0.2) is 49.6 Å². The number of aromatic nitrogens is 1. The van der Waals surface area contributed by atoms with E-state index in [4.69, 9.17) is 29.4 Å². The number of nitrogens with one attached hydrogen (secondary N) is 1. The van der Waals surface area contributed by atoms with Gasteiger partial charge in [0.25, 0.3) is 5.91 Å². The number of nitrogens with zero attached hydrogens (tertiary/aromatic N) is 1. The van der Waals surface area contributed by atoms with E-state index in [-0.39, 0.29) is 42.0 Å². The van der Waals surface area contributed by atoms with Crippen molar-refractivity contribution in [3.63, 3.8) is 0 Å². The molecule has 0 bridgehead atoms. The number of hydrogen-bond acceptors (Lipinski definition) is 10. The molecule has 1 amide bonds. The molecule has 38 heavy (non-hydrogen) atoms. The number of phenols is 1. The lowest BCUT2D eigenvalue weighted by Gasteiger charge is -2.39. The number of carbonyl (C=O) groups excluding carboxylic acids is 2. The van der Waals surface area contributed by atoms with E-state index in [1.807, 2.05) is 12.1 Å². The van der Waals surface area contributed by atoms with Gasteiger partial charge in [-0.15, -0.1) is 0 Å². The van der Waals surface area contributed by atoms with E-state index in [1.54, 1.807) is 24.3 Å². The molecule has 11 heteroatoms. The fraction of sp³-hybridized carbons (Fsp3) is 0.296. The number of cyclic esters (lactones) is 1. The number of aromatic hydroxyl groups is 1. The Labute approximate surface area is 217 Å². The highest BCUT2D eigenvalue weighted by Crippen LogP contribution is 2.55. The molecule has 0 radical (unpaired) electrons. The molecule has 4 N–H and O–H groups in total. The Bertz CT molecular complexity index is 1430. The van der Waals surface area contributed by atoms with Crippen molar-refractivity contribution in [3.05, 3.63) is 64.8 Å². The van der Waals surface area contributed by atoms with Crippen LogP contribution in [0.2, 0.25) is 0 Å². The molecule has 1 aromatic heterocycles. The lowest BCUT2D eigenvalue weighted by Crippen LogP contribution is -2.43. The number of phenolic OH excluding ortho intramolecular Hbond substituents is 1. The van der Waals surface area contributed by atoms with Crippen molar-refractivity contribution in [2.45, 2.75) is 12.0 Å². The first-order chi connectivity index (χ1) is 18.4. The number of benzene rings is 2. The number of esters is 1. The second-order valence-electron chi connectivity index (χ2n) is 9.29. The third-order valence-corrected chi connectivity index (χ3v) is 7.42. The minimum absolute atomic E-state index is 0.0574. The highest BCUT2D eigenvalue weighted by Gasteiger charge is 2.53. The number of fused-ring (bicyclic) bond motifs is 3. The number of hydrogen-bond donors (Lipinski definition) is 3. The topological polar surface area (TPSA) is 151 Å². The number of methoxy groups -OCH3 is 2. The van der Waals surface area contributed by atoms with Gasteiger partial charge in [-0.1, -0.05) is 0 Å². The molecule has 4 atom stereocenters. The number of amides is 1. The van der Waals surface area contributed by atoms with Crippen molar-refractivity contribution in [2.24, 2.45) is 11.8 Å². The van der Waals surface area contributed by atoms with Crippen LogP contribution < -0.4 is 30.0 Å². The van der Waals surface area contributed by atoms with Crippen LogP contribution in [0.25, 0.3) is 0 Å². The highest BCUT2D eigenvalue weighted by atomic mass is 16.7. The van der Waals surface area contributed by atoms with Gasteiger partial charge in [0.05, 0.1) is 38.3 Å². The summed E-state index contributed by atoms with van der Waals surface area (Å²) in [7, 11) is 2.88. The van der Waals surface area contributed by atoms with E-state index in [0.29, 0.717) is 17.1 Å². The van der Waals surface area contributed by atoms with E-state index < -0.39 is 35.7 Å². The fourth-order valence-electron chi connectivity index (χ4n) is 5.67. The first kappa shape index (κ1) is 23.7. The van der Waals surface area contributed by atoms with E-state index in [9.17, 15) is 14.7 Å². The van der Waals surface area contributed by atoms with Gasteiger partial charge < -0.3 is 39.8 Å². The van der Waals surface area contributed by atoms with E-state index in [1.165, 1.54) is 20.4 Å². The maximum absolute atomic E-state index is 13.3. The smallest absolute Gasteiger partial charge is 0.310 e. The van der Waals surface area contributed by atoms with Gasteiger partial charge in [0.1, 0.15) is 5.82 Å². The highest BCUT2D eigenvalue weighted by molar-refractivity contribution is 5.98. The summed E-state index contributed by atoms with van der Waals surface area (Å²) in [4.78, 5) is 30.6. The molecule has 2 aromatic carbocycles. The van der Waals surface area contributed by atoms with Gasteiger partial charge in [-0.25, -0.2) is 4.98 Å². The number of nitrogen functional groups attached to an aromatic ring is 1. The van der Waals surface area contributed by atoms with Crippen LogP contribution in [-0.2, 0) is 9.53 Å². The number of nitrogens with two attached hydrogens (primary N) is 1. The van der Waals surface area contributed by atoms with E-state index in [2.05, 4.69) is 10.3 Å². The van der Waals surface area contributed by atoms with E-state index >= 15 is 0 Å². The fourth-order valence-corrected chi connectivity index (χ4v) is 5.67. The van der Waals surface area contributed by atoms with Crippen molar-refractivity contribution in [1.29, 1.82) is 0 Å². The third kappa shape index (κ3) is 3.61. The first-order valence-corrected chi connectivity index (χ1v) is 12.0. The molecule has 196 valence electrons.